The van der Waals surface area contributed by atoms with E-state index in [0.29, 0.717) is 12.6 Å². The van der Waals surface area contributed by atoms with Crippen molar-refractivity contribution >= 4 is 5.82 Å². The standard InChI is InChI=1S/C14H26N4O/c1-5-8-15-11-13-6-7-14(17-16-13)18(12(2)3)9-10-19-4/h6-7,12,15H,5,8-11H2,1-4H3. The average Bonchev–Trinajstić information content (AvgIpc) is 2.41. The van der Waals surface area contributed by atoms with Gasteiger partial charge in [0.25, 0.3) is 0 Å². The minimum Gasteiger partial charge on any atom is -0.383 e. The Balaban J connectivity index is 2.61. The van der Waals surface area contributed by atoms with E-state index in [0.717, 1.165) is 37.6 Å². The van der Waals surface area contributed by atoms with Gasteiger partial charge >= 0.3 is 0 Å². The van der Waals surface area contributed by atoms with Crippen LogP contribution >= 0.6 is 0 Å². The van der Waals surface area contributed by atoms with Crippen molar-refractivity contribution in [2.24, 2.45) is 0 Å². The lowest BCUT2D eigenvalue weighted by Gasteiger charge is -2.27. The van der Waals surface area contributed by atoms with Gasteiger partial charge in [0.2, 0.25) is 0 Å². The monoisotopic (exact) mass is 266 g/mol. The second-order valence-electron chi connectivity index (χ2n) is 4.84. The van der Waals surface area contributed by atoms with Crippen molar-refractivity contribution < 1.29 is 4.74 Å². The van der Waals surface area contributed by atoms with E-state index < -0.39 is 0 Å². The van der Waals surface area contributed by atoms with Gasteiger partial charge in [-0.2, -0.15) is 5.10 Å². The Labute approximate surface area is 116 Å². The molecule has 5 heteroatoms. The van der Waals surface area contributed by atoms with E-state index in [4.69, 9.17) is 4.74 Å². The molecule has 0 aliphatic carbocycles. The lowest BCUT2D eigenvalue weighted by atomic mass is 10.3. The van der Waals surface area contributed by atoms with Crippen LogP contribution in [0.2, 0.25) is 0 Å². The molecule has 1 rings (SSSR count). The molecule has 0 aliphatic heterocycles. The highest BCUT2D eigenvalue weighted by Crippen LogP contribution is 2.12. The van der Waals surface area contributed by atoms with E-state index in [-0.39, 0.29) is 0 Å². The van der Waals surface area contributed by atoms with Crippen molar-refractivity contribution in [1.29, 1.82) is 0 Å². The summed E-state index contributed by atoms with van der Waals surface area (Å²) in [5.41, 5.74) is 0.979. The van der Waals surface area contributed by atoms with Crippen LogP contribution in [-0.4, -0.2) is 43.0 Å². The Morgan fingerprint density at radius 2 is 2.11 bits per heavy atom. The molecular formula is C14H26N4O. The molecule has 0 spiro atoms. The topological polar surface area (TPSA) is 50.3 Å². The SMILES string of the molecule is CCCNCc1ccc(N(CCOC)C(C)C)nn1. The fourth-order valence-corrected chi connectivity index (χ4v) is 1.82. The summed E-state index contributed by atoms with van der Waals surface area (Å²) in [5, 5.41) is 11.9. The average molecular weight is 266 g/mol. The van der Waals surface area contributed by atoms with Gasteiger partial charge in [-0.3, -0.25) is 0 Å². The number of anilines is 1. The molecule has 1 heterocycles. The Morgan fingerprint density at radius 1 is 1.32 bits per heavy atom. The lowest BCUT2D eigenvalue weighted by Crippen LogP contribution is -2.34. The number of hydrogen-bond acceptors (Lipinski definition) is 5. The first-order valence-corrected chi connectivity index (χ1v) is 6.98. The van der Waals surface area contributed by atoms with Crippen LogP contribution in [0.4, 0.5) is 5.82 Å². The second kappa shape index (κ2) is 8.82. The zero-order valence-corrected chi connectivity index (χ0v) is 12.5. The van der Waals surface area contributed by atoms with E-state index in [1.165, 1.54) is 0 Å². The zero-order valence-electron chi connectivity index (χ0n) is 12.5. The van der Waals surface area contributed by atoms with Gasteiger partial charge < -0.3 is 15.0 Å². The molecule has 5 nitrogen and oxygen atoms in total. The summed E-state index contributed by atoms with van der Waals surface area (Å²) in [6.45, 7) is 9.76. The molecule has 0 bridgehead atoms. The molecule has 19 heavy (non-hydrogen) atoms. The van der Waals surface area contributed by atoms with Crippen LogP contribution in [0, 0.1) is 0 Å². The van der Waals surface area contributed by atoms with E-state index in [1.54, 1.807) is 7.11 Å². The Bertz CT molecular complexity index is 340. The third-order valence-corrected chi connectivity index (χ3v) is 2.89. The van der Waals surface area contributed by atoms with Gasteiger partial charge in [0.15, 0.2) is 5.82 Å². The number of methoxy groups -OCH3 is 1. The number of ether oxygens (including phenoxy) is 1. The first-order valence-electron chi connectivity index (χ1n) is 6.98. The smallest absolute Gasteiger partial charge is 0.151 e. The van der Waals surface area contributed by atoms with Gasteiger partial charge in [-0.05, 0) is 38.9 Å². The van der Waals surface area contributed by atoms with Crippen molar-refractivity contribution in [1.82, 2.24) is 15.5 Å². The fraction of sp³-hybridized carbons (Fsp3) is 0.714. The molecule has 0 saturated heterocycles. The van der Waals surface area contributed by atoms with Crippen LogP contribution in [0.3, 0.4) is 0 Å². The van der Waals surface area contributed by atoms with E-state index in [2.05, 4.69) is 41.2 Å². The largest absolute Gasteiger partial charge is 0.383 e. The lowest BCUT2D eigenvalue weighted by molar-refractivity contribution is 0.203. The number of hydrogen-bond donors (Lipinski definition) is 1. The maximum Gasteiger partial charge on any atom is 0.151 e. The van der Waals surface area contributed by atoms with Gasteiger partial charge in [0, 0.05) is 26.2 Å². The van der Waals surface area contributed by atoms with Crippen LogP contribution in [0.5, 0.6) is 0 Å². The maximum absolute atomic E-state index is 5.13. The molecule has 0 saturated carbocycles. The van der Waals surface area contributed by atoms with E-state index >= 15 is 0 Å². The quantitative estimate of drug-likeness (QED) is 0.691. The summed E-state index contributed by atoms with van der Waals surface area (Å²) < 4.78 is 5.13. The second-order valence-corrected chi connectivity index (χ2v) is 4.84. The highest BCUT2D eigenvalue weighted by atomic mass is 16.5. The van der Waals surface area contributed by atoms with Crippen LogP contribution in [-0.2, 0) is 11.3 Å². The van der Waals surface area contributed by atoms with Gasteiger partial charge in [0.05, 0.1) is 12.3 Å². The highest BCUT2D eigenvalue weighted by Gasteiger charge is 2.12. The molecule has 0 atom stereocenters. The van der Waals surface area contributed by atoms with Crippen LogP contribution < -0.4 is 10.2 Å². The highest BCUT2D eigenvalue weighted by molar-refractivity contribution is 5.38. The van der Waals surface area contributed by atoms with Gasteiger partial charge in [-0.25, -0.2) is 0 Å². The first-order chi connectivity index (χ1) is 9.19. The normalized spacial score (nSPS) is 11.0. The summed E-state index contributed by atoms with van der Waals surface area (Å²) in [7, 11) is 1.71. The third-order valence-electron chi connectivity index (χ3n) is 2.89. The van der Waals surface area contributed by atoms with Gasteiger partial charge in [-0.1, -0.05) is 6.92 Å². The van der Waals surface area contributed by atoms with Crippen LogP contribution in [0.1, 0.15) is 32.9 Å². The first kappa shape index (κ1) is 15.9. The molecule has 0 radical (unpaired) electrons. The van der Waals surface area contributed by atoms with E-state index in [1.807, 2.05) is 12.1 Å². The molecule has 0 aromatic carbocycles. The number of nitrogens with zero attached hydrogens (tertiary/aromatic N) is 3. The minimum absolute atomic E-state index is 0.383. The summed E-state index contributed by atoms with van der Waals surface area (Å²) in [5.74, 6) is 0.909. The third kappa shape index (κ3) is 5.53. The molecule has 0 aliphatic rings. The van der Waals surface area contributed by atoms with Crippen molar-refractivity contribution in [3.05, 3.63) is 17.8 Å². The predicted octanol–water partition coefficient (Wildman–Crippen LogP) is 1.84. The molecule has 108 valence electrons. The molecule has 1 N–H and O–H groups in total. The van der Waals surface area contributed by atoms with Crippen molar-refractivity contribution in [3.63, 3.8) is 0 Å². The van der Waals surface area contributed by atoms with Crippen molar-refractivity contribution in [2.45, 2.75) is 39.8 Å². The number of aromatic nitrogens is 2. The molecule has 0 fully saturated rings. The predicted molar refractivity (Wildman–Crippen MR) is 78.4 cm³/mol. The summed E-state index contributed by atoms with van der Waals surface area (Å²) in [6.07, 6.45) is 1.13. The van der Waals surface area contributed by atoms with E-state index in [9.17, 15) is 0 Å². The Morgan fingerprint density at radius 3 is 2.63 bits per heavy atom. The van der Waals surface area contributed by atoms with Crippen LogP contribution in [0.25, 0.3) is 0 Å². The van der Waals surface area contributed by atoms with Gasteiger partial charge in [0.1, 0.15) is 0 Å². The number of nitrogens with one attached hydrogen (secondary N) is 1. The number of rotatable bonds is 9. The summed E-state index contributed by atoms with van der Waals surface area (Å²) in [6, 6.07) is 4.45. The minimum atomic E-state index is 0.383. The van der Waals surface area contributed by atoms with Crippen molar-refractivity contribution in [3.8, 4) is 0 Å². The molecule has 0 amide bonds. The molecular weight excluding hydrogens is 240 g/mol. The Hall–Kier alpha value is -1.20. The molecule has 1 aromatic heterocycles. The Kier molecular flexibility index (Phi) is 7.36. The molecule has 0 unspecified atom stereocenters. The summed E-state index contributed by atoms with van der Waals surface area (Å²) >= 11 is 0. The maximum atomic E-state index is 5.13. The van der Waals surface area contributed by atoms with Crippen molar-refractivity contribution in [2.75, 3.05) is 31.7 Å². The molecule has 1 aromatic rings. The van der Waals surface area contributed by atoms with Gasteiger partial charge in [-0.15, -0.1) is 5.10 Å². The summed E-state index contributed by atoms with van der Waals surface area (Å²) in [4.78, 5) is 2.19. The zero-order chi connectivity index (χ0) is 14.1. The van der Waals surface area contributed by atoms with Crippen LogP contribution in [0.15, 0.2) is 12.1 Å². The fourth-order valence-electron chi connectivity index (χ4n) is 1.82.